The van der Waals surface area contributed by atoms with E-state index in [-0.39, 0.29) is 5.82 Å². The summed E-state index contributed by atoms with van der Waals surface area (Å²) in [5.74, 6) is 0.865. The second-order valence-electron chi connectivity index (χ2n) is 7.24. The van der Waals surface area contributed by atoms with Crippen LogP contribution in [0.4, 0.5) is 4.39 Å². The minimum absolute atomic E-state index is 0.268. The first-order chi connectivity index (χ1) is 15.0. The predicted molar refractivity (Wildman–Crippen MR) is 125 cm³/mol. The molecule has 4 nitrogen and oxygen atoms in total. The lowest BCUT2D eigenvalue weighted by Crippen LogP contribution is -2.00. The Kier molecular flexibility index (Phi) is 6.75. The fourth-order valence-electron chi connectivity index (χ4n) is 3.25. The molecule has 2 aromatic carbocycles. The number of imidazole rings is 1. The molecule has 0 saturated carbocycles. The van der Waals surface area contributed by atoms with Gasteiger partial charge in [-0.15, -0.1) is 0 Å². The Morgan fingerprint density at radius 1 is 1.00 bits per heavy atom. The summed E-state index contributed by atoms with van der Waals surface area (Å²) in [4.78, 5) is 13.2. The molecule has 31 heavy (non-hydrogen) atoms. The van der Waals surface area contributed by atoms with Crippen molar-refractivity contribution in [3.63, 3.8) is 0 Å². The zero-order chi connectivity index (χ0) is 21.8. The van der Waals surface area contributed by atoms with Crippen LogP contribution in [0.1, 0.15) is 18.4 Å². The highest BCUT2D eigenvalue weighted by Gasteiger charge is 2.16. The molecule has 0 aliphatic carbocycles. The zero-order valence-corrected chi connectivity index (χ0v) is 18.8. The maximum Gasteiger partial charge on any atom is 0.166 e. The van der Waals surface area contributed by atoms with Gasteiger partial charge in [-0.05, 0) is 71.2 Å². The molecule has 2 atom stereocenters. The van der Waals surface area contributed by atoms with Gasteiger partial charge in [-0.25, -0.2) is 9.37 Å². The highest BCUT2D eigenvalue weighted by molar-refractivity contribution is 7.99. The second kappa shape index (κ2) is 9.68. The highest BCUT2D eigenvalue weighted by Crippen LogP contribution is 2.34. The van der Waals surface area contributed by atoms with Crippen molar-refractivity contribution in [2.24, 2.45) is 0 Å². The Morgan fingerprint density at radius 3 is 2.32 bits per heavy atom. The van der Waals surface area contributed by atoms with E-state index in [9.17, 15) is 8.94 Å². The summed E-state index contributed by atoms with van der Waals surface area (Å²) in [5, 5.41) is 0.810. The standard InChI is InChI=1S/C24H22FN3OS2/c1-16(17-5-9-21(10-6-17)31(2)29)15-30-24-27-22(18-3-7-20(25)8-4-18)23(28-24)19-11-13-26-14-12-19/h3-14,16H,15H2,1-2H3,(H,27,28). The zero-order valence-electron chi connectivity index (χ0n) is 17.2. The lowest BCUT2D eigenvalue weighted by atomic mass is 10.0. The van der Waals surface area contributed by atoms with Crippen molar-refractivity contribution in [3.05, 3.63) is 84.4 Å². The number of aromatic amines is 1. The van der Waals surface area contributed by atoms with Crippen LogP contribution in [-0.4, -0.2) is 31.5 Å². The van der Waals surface area contributed by atoms with E-state index in [0.29, 0.717) is 5.92 Å². The van der Waals surface area contributed by atoms with Crippen LogP contribution in [-0.2, 0) is 11.2 Å². The minimum Gasteiger partial charge on any atom is -0.612 e. The third-order valence-corrected chi connectivity index (χ3v) is 7.09. The monoisotopic (exact) mass is 451 g/mol. The number of aromatic nitrogens is 3. The number of nitrogens with zero attached hydrogens (tertiary/aromatic N) is 2. The Hall–Kier alpha value is -2.61. The smallest absolute Gasteiger partial charge is 0.166 e. The SMILES string of the molecule is CC(CSc1nc(-c2ccncc2)c(-c2ccc(F)cc2)[nH]1)c1ccc([S+](C)[O-])cc1. The van der Waals surface area contributed by atoms with Crippen LogP contribution in [0.3, 0.4) is 0 Å². The van der Waals surface area contributed by atoms with Crippen LogP contribution in [0.15, 0.2) is 83.1 Å². The molecule has 0 aliphatic rings. The molecule has 4 aromatic rings. The van der Waals surface area contributed by atoms with Gasteiger partial charge in [-0.2, -0.15) is 0 Å². The van der Waals surface area contributed by atoms with Crippen LogP contribution in [0, 0.1) is 5.82 Å². The molecular formula is C24H22FN3OS2. The first-order valence-corrected chi connectivity index (χ1v) is 12.4. The molecule has 0 bridgehead atoms. The van der Waals surface area contributed by atoms with Crippen molar-refractivity contribution >= 4 is 22.9 Å². The van der Waals surface area contributed by atoms with Crippen molar-refractivity contribution in [2.45, 2.75) is 22.9 Å². The molecule has 2 aromatic heterocycles. The lowest BCUT2D eigenvalue weighted by molar-refractivity contribution is 0.600. The number of H-pyrrole nitrogens is 1. The van der Waals surface area contributed by atoms with Gasteiger partial charge in [0.1, 0.15) is 12.1 Å². The summed E-state index contributed by atoms with van der Waals surface area (Å²) < 4.78 is 25.0. The molecule has 0 spiro atoms. The first-order valence-electron chi connectivity index (χ1n) is 9.84. The summed E-state index contributed by atoms with van der Waals surface area (Å²) in [6, 6.07) is 18.2. The molecule has 158 valence electrons. The van der Waals surface area contributed by atoms with Crippen molar-refractivity contribution < 1.29 is 8.94 Å². The number of nitrogens with one attached hydrogen (secondary N) is 1. The predicted octanol–water partition coefficient (Wildman–Crippen LogP) is 5.91. The second-order valence-corrected chi connectivity index (χ2v) is 9.63. The van der Waals surface area contributed by atoms with Crippen LogP contribution in [0.5, 0.6) is 0 Å². The molecule has 1 N–H and O–H groups in total. The number of hydrogen-bond acceptors (Lipinski definition) is 4. The largest absolute Gasteiger partial charge is 0.612 e. The van der Waals surface area contributed by atoms with E-state index in [1.54, 1.807) is 42.5 Å². The topological polar surface area (TPSA) is 64.6 Å². The van der Waals surface area contributed by atoms with Crippen LogP contribution in [0.2, 0.25) is 0 Å². The van der Waals surface area contributed by atoms with Gasteiger partial charge >= 0.3 is 0 Å². The van der Waals surface area contributed by atoms with E-state index >= 15 is 0 Å². The number of benzene rings is 2. The van der Waals surface area contributed by atoms with Crippen molar-refractivity contribution in [1.29, 1.82) is 0 Å². The third kappa shape index (κ3) is 5.18. The maximum atomic E-state index is 13.4. The average Bonchev–Trinajstić information content (AvgIpc) is 3.23. The van der Waals surface area contributed by atoms with Crippen molar-refractivity contribution in [1.82, 2.24) is 15.0 Å². The van der Waals surface area contributed by atoms with Gasteiger partial charge in [0.2, 0.25) is 0 Å². The summed E-state index contributed by atoms with van der Waals surface area (Å²) in [5.41, 5.74) is 4.70. The molecule has 0 aliphatic heterocycles. The Bertz CT molecular complexity index is 1130. The van der Waals surface area contributed by atoms with Crippen molar-refractivity contribution in [3.8, 4) is 22.5 Å². The van der Waals surface area contributed by atoms with Gasteiger partial charge in [0.25, 0.3) is 0 Å². The fourth-order valence-corrected chi connectivity index (χ4v) is 4.70. The summed E-state index contributed by atoms with van der Waals surface area (Å²) in [7, 11) is 0. The average molecular weight is 452 g/mol. The van der Waals surface area contributed by atoms with Gasteiger partial charge in [0.05, 0.1) is 11.4 Å². The van der Waals surface area contributed by atoms with E-state index in [4.69, 9.17) is 4.98 Å². The molecule has 0 amide bonds. The van der Waals surface area contributed by atoms with E-state index in [1.165, 1.54) is 17.7 Å². The van der Waals surface area contributed by atoms with E-state index < -0.39 is 11.2 Å². The highest BCUT2D eigenvalue weighted by atomic mass is 32.2. The first kappa shape index (κ1) is 21.6. The van der Waals surface area contributed by atoms with Crippen LogP contribution in [0.25, 0.3) is 22.5 Å². The Balaban J connectivity index is 1.56. The normalized spacial score (nSPS) is 13.2. The van der Waals surface area contributed by atoms with Crippen LogP contribution < -0.4 is 0 Å². The molecule has 0 saturated heterocycles. The van der Waals surface area contributed by atoms with E-state index in [0.717, 1.165) is 38.3 Å². The Morgan fingerprint density at radius 2 is 1.68 bits per heavy atom. The fraction of sp³-hybridized carbons (Fsp3) is 0.167. The summed E-state index contributed by atoms with van der Waals surface area (Å²) in [6.07, 6.45) is 5.16. The molecular weight excluding hydrogens is 429 g/mol. The summed E-state index contributed by atoms with van der Waals surface area (Å²) in [6.45, 7) is 2.17. The van der Waals surface area contributed by atoms with Gasteiger partial charge in [-0.1, -0.05) is 30.8 Å². The quantitative estimate of drug-likeness (QED) is 0.280. The van der Waals surface area contributed by atoms with Gasteiger partial charge in [-0.3, -0.25) is 4.98 Å². The molecule has 0 fully saturated rings. The molecule has 7 heteroatoms. The molecule has 2 unspecified atom stereocenters. The van der Waals surface area contributed by atoms with Crippen LogP contribution >= 0.6 is 11.8 Å². The number of pyridine rings is 1. The van der Waals surface area contributed by atoms with E-state index in [1.807, 2.05) is 36.4 Å². The number of halogens is 1. The summed E-state index contributed by atoms with van der Waals surface area (Å²) >= 11 is 0.675. The van der Waals surface area contributed by atoms with Gasteiger partial charge in [0.15, 0.2) is 10.1 Å². The lowest BCUT2D eigenvalue weighted by Gasteiger charge is -2.11. The maximum absolute atomic E-state index is 13.4. The van der Waals surface area contributed by atoms with Gasteiger partial charge < -0.3 is 9.54 Å². The minimum atomic E-state index is -0.970. The van der Waals surface area contributed by atoms with E-state index in [2.05, 4.69) is 16.9 Å². The number of hydrogen-bond donors (Lipinski definition) is 1. The molecule has 0 radical (unpaired) electrons. The molecule has 2 heterocycles. The van der Waals surface area contributed by atoms with Gasteiger partial charge in [0, 0.05) is 29.3 Å². The Labute approximate surface area is 188 Å². The molecule has 4 rings (SSSR count). The number of rotatable bonds is 7. The number of thioether (sulfide) groups is 1. The third-order valence-electron chi connectivity index (χ3n) is 5.02. The van der Waals surface area contributed by atoms with Crippen molar-refractivity contribution in [2.75, 3.05) is 12.0 Å².